The summed E-state index contributed by atoms with van der Waals surface area (Å²) in [4.78, 5) is 0. The summed E-state index contributed by atoms with van der Waals surface area (Å²) < 4.78 is 13.3. The van der Waals surface area contributed by atoms with E-state index in [4.69, 9.17) is 5.11 Å². The van der Waals surface area contributed by atoms with Crippen LogP contribution in [0.3, 0.4) is 0 Å². The lowest BCUT2D eigenvalue weighted by Crippen LogP contribution is -1.90. The number of hydrogen-bond donors (Lipinski definition) is 2. The van der Waals surface area contributed by atoms with Crippen molar-refractivity contribution in [3.05, 3.63) is 35.8 Å². The molecule has 2 N–H and O–H groups in total. The van der Waals surface area contributed by atoms with Crippen LogP contribution in [0, 0.1) is 5.82 Å². The molecule has 0 unspecified atom stereocenters. The lowest BCUT2D eigenvalue weighted by atomic mass is 10.1. The lowest BCUT2D eigenvalue weighted by Gasteiger charge is -1.99. The number of nitrogens with one attached hydrogen (secondary N) is 1. The number of H-pyrrole nitrogens is 1. The van der Waals surface area contributed by atoms with Crippen LogP contribution in [0.25, 0.3) is 11.3 Å². The standard InChI is InChI=1S/C9H8FN3O/c10-7-4-2-1-3-6(7)9-8(5-14)11-13-12-9/h1-4,14H,5H2,(H,11,12,13). The minimum absolute atomic E-state index is 0.239. The van der Waals surface area contributed by atoms with E-state index in [1.54, 1.807) is 18.2 Å². The predicted molar refractivity (Wildman–Crippen MR) is 47.7 cm³/mol. The summed E-state index contributed by atoms with van der Waals surface area (Å²) >= 11 is 0. The highest BCUT2D eigenvalue weighted by Gasteiger charge is 2.11. The molecule has 1 aromatic heterocycles. The Morgan fingerprint density at radius 3 is 2.86 bits per heavy atom. The van der Waals surface area contributed by atoms with E-state index in [0.717, 1.165) is 0 Å². The number of aliphatic hydroxyl groups excluding tert-OH is 1. The van der Waals surface area contributed by atoms with Crippen molar-refractivity contribution >= 4 is 0 Å². The first kappa shape index (κ1) is 8.83. The third kappa shape index (κ3) is 1.38. The second-order valence-corrected chi connectivity index (χ2v) is 2.78. The summed E-state index contributed by atoms with van der Waals surface area (Å²) in [5, 5.41) is 18.7. The first-order valence-corrected chi connectivity index (χ1v) is 4.08. The maximum absolute atomic E-state index is 13.3. The zero-order chi connectivity index (χ0) is 9.97. The monoisotopic (exact) mass is 193 g/mol. The van der Waals surface area contributed by atoms with Gasteiger partial charge in [0.15, 0.2) is 0 Å². The summed E-state index contributed by atoms with van der Waals surface area (Å²) in [6.07, 6.45) is 0. The number of hydrogen-bond acceptors (Lipinski definition) is 3. The van der Waals surface area contributed by atoms with Crippen molar-refractivity contribution in [1.82, 2.24) is 15.4 Å². The van der Waals surface area contributed by atoms with Crippen LogP contribution in [0.5, 0.6) is 0 Å². The van der Waals surface area contributed by atoms with Crippen LogP contribution in [0.1, 0.15) is 5.69 Å². The second-order valence-electron chi connectivity index (χ2n) is 2.78. The predicted octanol–water partition coefficient (Wildman–Crippen LogP) is 1.10. The van der Waals surface area contributed by atoms with Gasteiger partial charge in [-0.2, -0.15) is 0 Å². The van der Waals surface area contributed by atoms with Crippen LogP contribution in [0.4, 0.5) is 4.39 Å². The Morgan fingerprint density at radius 2 is 2.14 bits per heavy atom. The molecule has 14 heavy (non-hydrogen) atoms. The minimum atomic E-state index is -0.379. The molecule has 0 radical (unpaired) electrons. The molecule has 0 aliphatic rings. The molecule has 0 spiro atoms. The molecule has 2 rings (SSSR count). The molecule has 0 aliphatic carbocycles. The summed E-state index contributed by atoms with van der Waals surface area (Å²) in [7, 11) is 0. The Hall–Kier alpha value is -1.75. The van der Waals surface area contributed by atoms with E-state index in [1.807, 2.05) is 0 Å². The van der Waals surface area contributed by atoms with E-state index in [0.29, 0.717) is 17.0 Å². The molecule has 0 bridgehead atoms. The molecule has 0 saturated heterocycles. The largest absolute Gasteiger partial charge is 0.390 e. The van der Waals surface area contributed by atoms with Crippen LogP contribution in [-0.4, -0.2) is 20.5 Å². The Bertz CT molecular complexity index is 441. The Morgan fingerprint density at radius 1 is 1.36 bits per heavy atom. The number of benzene rings is 1. The van der Waals surface area contributed by atoms with Crippen molar-refractivity contribution in [1.29, 1.82) is 0 Å². The van der Waals surface area contributed by atoms with Gasteiger partial charge in [0.2, 0.25) is 0 Å². The molecule has 0 saturated carbocycles. The average Bonchev–Trinajstić information content (AvgIpc) is 2.66. The maximum atomic E-state index is 13.3. The van der Waals surface area contributed by atoms with Crippen molar-refractivity contribution < 1.29 is 9.50 Å². The SMILES string of the molecule is OCc1[nH]nnc1-c1ccccc1F. The normalized spacial score (nSPS) is 10.4. The van der Waals surface area contributed by atoms with Crippen LogP contribution >= 0.6 is 0 Å². The fourth-order valence-corrected chi connectivity index (χ4v) is 1.23. The lowest BCUT2D eigenvalue weighted by molar-refractivity contribution is 0.277. The summed E-state index contributed by atoms with van der Waals surface area (Å²) in [5.74, 6) is -0.379. The van der Waals surface area contributed by atoms with Gasteiger partial charge in [0.05, 0.1) is 12.3 Å². The fourth-order valence-electron chi connectivity index (χ4n) is 1.23. The Balaban J connectivity index is 2.54. The molecule has 5 heteroatoms. The third-order valence-corrected chi connectivity index (χ3v) is 1.91. The molecular formula is C9H8FN3O. The van der Waals surface area contributed by atoms with E-state index in [2.05, 4.69) is 15.4 Å². The summed E-state index contributed by atoms with van der Waals surface area (Å²) in [6.45, 7) is -0.239. The molecular weight excluding hydrogens is 185 g/mol. The zero-order valence-corrected chi connectivity index (χ0v) is 7.24. The molecule has 4 nitrogen and oxygen atoms in total. The van der Waals surface area contributed by atoms with Gasteiger partial charge < -0.3 is 5.11 Å². The molecule has 1 heterocycles. The van der Waals surface area contributed by atoms with Crippen LogP contribution in [-0.2, 0) is 6.61 Å². The van der Waals surface area contributed by atoms with E-state index in [1.165, 1.54) is 6.07 Å². The highest BCUT2D eigenvalue weighted by atomic mass is 19.1. The second kappa shape index (κ2) is 3.55. The van der Waals surface area contributed by atoms with Crippen LogP contribution in [0.15, 0.2) is 24.3 Å². The number of aromatic amines is 1. The first-order valence-electron chi connectivity index (χ1n) is 4.08. The maximum Gasteiger partial charge on any atom is 0.132 e. The number of halogens is 1. The molecule has 0 amide bonds. The van der Waals surface area contributed by atoms with Crippen molar-refractivity contribution in [3.8, 4) is 11.3 Å². The number of nitrogens with zero attached hydrogens (tertiary/aromatic N) is 2. The Labute approximate surface area is 79.4 Å². The molecule has 72 valence electrons. The topological polar surface area (TPSA) is 61.8 Å². The van der Waals surface area contributed by atoms with Gasteiger partial charge in [-0.1, -0.05) is 17.3 Å². The quantitative estimate of drug-likeness (QED) is 0.750. The van der Waals surface area contributed by atoms with Crippen molar-refractivity contribution in [3.63, 3.8) is 0 Å². The van der Waals surface area contributed by atoms with E-state index < -0.39 is 0 Å². The van der Waals surface area contributed by atoms with Gasteiger partial charge in [-0.15, -0.1) is 5.10 Å². The van der Waals surface area contributed by atoms with Gasteiger partial charge in [0, 0.05) is 5.56 Å². The van der Waals surface area contributed by atoms with Crippen LogP contribution in [0.2, 0.25) is 0 Å². The molecule has 0 atom stereocenters. The van der Waals surface area contributed by atoms with Gasteiger partial charge in [0.1, 0.15) is 11.5 Å². The molecule has 0 fully saturated rings. The average molecular weight is 193 g/mol. The van der Waals surface area contributed by atoms with Crippen molar-refractivity contribution in [2.45, 2.75) is 6.61 Å². The van der Waals surface area contributed by atoms with E-state index in [9.17, 15) is 4.39 Å². The fraction of sp³-hybridized carbons (Fsp3) is 0.111. The smallest absolute Gasteiger partial charge is 0.132 e. The minimum Gasteiger partial charge on any atom is -0.390 e. The first-order chi connectivity index (χ1) is 6.83. The molecule has 2 aromatic rings. The van der Waals surface area contributed by atoms with Gasteiger partial charge in [0.25, 0.3) is 0 Å². The number of aliphatic hydroxyl groups is 1. The summed E-state index contributed by atoms with van der Waals surface area (Å²) in [5.41, 5.74) is 1.10. The third-order valence-electron chi connectivity index (χ3n) is 1.91. The van der Waals surface area contributed by atoms with Gasteiger partial charge in [-0.3, -0.25) is 5.10 Å². The van der Waals surface area contributed by atoms with Gasteiger partial charge in [-0.05, 0) is 12.1 Å². The summed E-state index contributed by atoms with van der Waals surface area (Å²) in [6, 6.07) is 6.23. The van der Waals surface area contributed by atoms with E-state index >= 15 is 0 Å². The van der Waals surface area contributed by atoms with Crippen molar-refractivity contribution in [2.24, 2.45) is 0 Å². The van der Waals surface area contributed by atoms with Crippen molar-refractivity contribution in [2.75, 3.05) is 0 Å². The van der Waals surface area contributed by atoms with E-state index in [-0.39, 0.29) is 12.4 Å². The highest BCUT2D eigenvalue weighted by Crippen LogP contribution is 2.22. The number of aromatic nitrogens is 3. The molecule has 0 aliphatic heterocycles. The van der Waals surface area contributed by atoms with Crippen LogP contribution < -0.4 is 0 Å². The Kier molecular flexibility index (Phi) is 2.24. The van der Waals surface area contributed by atoms with Gasteiger partial charge >= 0.3 is 0 Å². The van der Waals surface area contributed by atoms with Gasteiger partial charge in [-0.25, -0.2) is 4.39 Å². The zero-order valence-electron chi connectivity index (χ0n) is 7.24. The highest BCUT2D eigenvalue weighted by molar-refractivity contribution is 5.61. The number of rotatable bonds is 2. The molecule has 1 aromatic carbocycles.